The summed E-state index contributed by atoms with van der Waals surface area (Å²) in [5, 5.41) is 9.66. The number of nitrogens with two attached hydrogens (primary N) is 1. The van der Waals surface area contributed by atoms with Gasteiger partial charge in [-0.15, -0.1) is 0 Å². The van der Waals surface area contributed by atoms with Gasteiger partial charge in [0.25, 0.3) is 10.1 Å². The number of aryl methyl sites for hydroxylation is 1. The normalized spacial score (nSPS) is 21.7. The van der Waals surface area contributed by atoms with Crippen LogP contribution in [-0.4, -0.2) is 33.3 Å². The van der Waals surface area contributed by atoms with E-state index in [0.717, 1.165) is 11.1 Å². The maximum Gasteiger partial charge on any atom is 0.297 e. The molecule has 0 aliphatic heterocycles. The molecule has 0 saturated carbocycles. The van der Waals surface area contributed by atoms with Crippen molar-refractivity contribution in [2.45, 2.75) is 18.2 Å². The van der Waals surface area contributed by atoms with Crippen molar-refractivity contribution in [3.8, 4) is 0 Å². The molecule has 0 bridgehead atoms. The molecule has 0 amide bonds. The van der Waals surface area contributed by atoms with Gasteiger partial charge in [-0.25, -0.2) is 0 Å². The van der Waals surface area contributed by atoms with Crippen LogP contribution in [0.1, 0.15) is 12.0 Å². The Morgan fingerprint density at radius 1 is 1.32 bits per heavy atom. The van der Waals surface area contributed by atoms with E-state index in [9.17, 15) is 13.5 Å². The largest absolute Gasteiger partial charge is 0.395 e. The Balaban J connectivity index is 2.15. The molecule has 22 heavy (non-hydrogen) atoms. The number of hydrogen-bond donors (Lipinski definition) is 2. The second-order valence-corrected chi connectivity index (χ2v) is 7.20. The smallest absolute Gasteiger partial charge is 0.297 e. The van der Waals surface area contributed by atoms with Crippen LogP contribution >= 0.6 is 0 Å². The minimum absolute atomic E-state index is 0.112. The van der Waals surface area contributed by atoms with E-state index in [-0.39, 0.29) is 18.1 Å². The molecule has 1 aliphatic carbocycles. The van der Waals surface area contributed by atoms with Gasteiger partial charge in [0.05, 0.1) is 18.1 Å². The van der Waals surface area contributed by atoms with Gasteiger partial charge in [-0.05, 0) is 31.1 Å². The van der Waals surface area contributed by atoms with E-state index in [4.69, 9.17) is 9.92 Å². The van der Waals surface area contributed by atoms with Crippen LogP contribution < -0.4 is 5.73 Å². The van der Waals surface area contributed by atoms with E-state index in [0.29, 0.717) is 13.0 Å². The van der Waals surface area contributed by atoms with Crippen molar-refractivity contribution in [2.24, 2.45) is 11.1 Å². The minimum atomic E-state index is -3.84. The van der Waals surface area contributed by atoms with E-state index in [1.165, 1.54) is 12.1 Å². The molecule has 2 rings (SSSR count). The Kier molecular flexibility index (Phi) is 5.18. The van der Waals surface area contributed by atoms with Crippen molar-refractivity contribution in [1.82, 2.24) is 0 Å². The standard InChI is InChI=1S/C16H21NO4S/c1-13-4-6-15(7-5-13)22(19,20)21-12-16(11-18)8-2-3-14(9-16)10-17/h2-7,9,18H,8,10-12,17H2,1H3. The Bertz CT molecular complexity index is 677. The summed E-state index contributed by atoms with van der Waals surface area (Å²) >= 11 is 0. The van der Waals surface area contributed by atoms with E-state index < -0.39 is 15.5 Å². The summed E-state index contributed by atoms with van der Waals surface area (Å²) in [5.41, 5.74) is 6.69. The molecule has 0 fully saturated rings. The van der Waals surface area contributed by atoms with Gasteiger partial charge in [0.1, 0.15) is 0 Å². The van der Waals surface area contributed by atoms with Crippen molar-refractivity contribution in [1.29, 1.82) is 0 Å². The SMILES string of the molecule is Cc1ccc(S(=O)(=O)OCC2(CO)C=C(CN)C=CC2)cc1. The third kappa shape index (κ3) is 3.84. The average Bonchev–Trinajstić information content (AvgIpc) is 2.54. The van der Waals surface area contributed by atoms with Gasteiger partial charge in [0, 0.05) is 12.0 Å². The molecule has 0 spiro atoms. The van der Waals surface area contributed by atoms with Crippen LogP contribution in [0.4, 0.5) is 0 Å². The highest BCUT2D eigenvalue weighted by Crippen LogP contribution is 2.31. The van der Waals surface area contributed by atoms with Crippen molar-refractivity contribution >= 4 is 10.1 Å². The monoisotopic (exact) mass is 323 g/mol. The quantitative estimate of drug-likeness (QED) is 0.775. The van der Waals surface area contributed by atoms with E-state index in [2.05, 4.69) is 0 Å². The molecule has 1 unspecified atom stereocenters. The van der Waals surface area contributed by atoms with Gasteiger partial charge in [0.2, 0.25) is 0 Å². The molecular weight excluding hydrogens is 302 g/mol. The maximum atomic E-state index is 12.2. The van der Waals surface area contributed by atoms with Gasteiger partial charge < -0.3 is 10.8 Å². The molecule has 5 nitrogen and oxygen atoms in total. The third-order valence-electron chi connectivity index (χ3n) is 3.71. The zero-order valence-corrected chi connectivity index (χ0v) is 13.3. The molecule has 6 heteroatoms. The molecule has 0 heterocycles. The van der Waals surface area contributed by atoms with E-state index in [1.54, 1.807) is 18.2 Å². The second-order valence-electron chi connectivity index (χ2n) is 5.58. The Morgan fingerprint density at radius 2 is 2.00 bits per heavy atom. The van der Waals surface area contributed by atoms with Crippen LogP contribution in [0, 0.1) is 12.3 Å². The number of aliphatic hydroxyl groups is 1. The van der Waals surface area contributed by atoms with E-state index >= 15 is 0 Å². The number of hydrogen-bond acceptors (Lipinski definition) is 5. The van der Waals surface area contributed by atoms with Gasteiger partial charge >= 0.3 is 0 Å². The minimum Gasteiger partial charge on any atom is -0.395 e. The maximum absolute atomic E-state index is 12.2. The molecule has 1 aromatic rings. The van der Waals surface area contributed by atoms with Gasteiger partial charge in [-0.3, -0.25) is 4.18 Å². The number of aliphatic hydroxyl groups excluding tert-OH is 1. The molecule has 120 valence electrons. The fourth-order valence-corrected chi connectivity index (χ4v) is 3.29. The molecule has 0 radical (unpaired) electrons. The van der Waals surface area contributed by atoms with Crippen molar-refractivity contribution in [3.63, 3.8) is 0 Å². The Hall–Kier alpha value is -1.47. The fourth-order valence-electron chi connectivity index (χ4n) is 2.30. The molecule has 3 N–H and O–H groups in total. The predicted molar refractivity (Wildman–Crippen MR) is 84.7 cm³/mol. The molecule has 0 saturated heterocycles. The van der Waals surface area contributed by atoms with Crippen LogP contribution in [0.25, 0.3) is 0 Å². The molecule has 1 atom stereocenters. The lowest BCUT2D eigenvalue weighted by atomic mass is 9.81. The van der Waals surface area contributed by atoms with Gasteiger partial charge in [0.15, 0.2) is 0 Å². The summed E-state index contributed by atoms with van der Waals surface area (Å²) in [6.45, 7) is 1.90. The first-order valence-electron chi connectivity index (χ1n) is 7.06. The van der Waals surface area contributed by atoms with Crippen molar-refractivity contribution < 1.29 is 17.7 Å². The lowest BCUT2D eigenvalue weighted by Crippen LogP contribution is -2.32. The van der Waals surface area contributed by atoms with Crippen LogP contribution in [0.15, 0.2) is 53.0 Å². The number of allylic oxidation sites excluding steroid dienone is 1. The highest BCUT2D eigenvalue weighted by Gasteiger charge is 2.31. The highest BCUT2D eigenvalue weighted by atomic mass is 32.2. The first-order valence-corrected chi connectivity index (χ1v) is 8.47. The molecule has 1 aliphatic rings. The average molecular weight is 323 g/mol. The van der Waals surface area contributed by atoms with Crippen LogP contribution in [0.5, 0.6) is 0 Å². The Labute approximate surface area is 131 Å². The summed E-state index contributed by atoms with van der Waals surface area (Å²) in [4.78, 5) is 0.112. The molecule has 0 aromatic heterocycles. The highest BCUT2D eigenvalue weighted by molar-refractivity contribution is 7.86. The fraction of sp³-hybridized carbons (Fsp3) is 0.375. The Morgan fingerprint density at radius 3 is 2.59 bits per heavy atom. The summed E-state index contributed by atoms with van der Waals surface area (Å²) in [5.74, 6) is 0. The summed E-state index contributed by atoms with van der Waals surface area (Å²) in [6, 6.07) is 6.46. The molecule has 1 aromatic carbocycles. The summed E-state index contributed by atoms with van der Waals surface area (Å²) in [6.07, 6.45) is 6.07. The predicted octanol–water partition coefficient (Wildman–Crippen LogP) is 1.52. The van der Waals surface area contributed by atoms with Crippen molar-refractivity contribution in [2.75, 3.05) is 19.8 Å². The molecular formula is C16H21NO4S. The second kappa shape index (κ2) is 6.75. The van der Waals surface area contributed by atoms with E-state index in [1.807, 2.05) is 19.1 Å². The zero-order valence-electron chi connectivity index (χ0n) is 12.5. The lowest BCUT2D eigenvalue weighted by Gasteiger charge is -2.30. The van der Waals surface area contributed by atoms with Gasteiger partial charge in [-0.1, -0.05) is 35.9 Å². The van der Waals surface area contributed by atoms with Gasteiger partial charge in [-0.2, -0.15) is 8.42 Å². The lowest BCUT2D eigenvalue weighted by molar-refractivity contribution is 0.109. The number of rotatable bonds is 6. The van der Waals surface area contributed by atoms with Crippen molar-refractivity contribution in [3.05, 3.63) is 53.6 Å². The number of benzene rings is 1. The zero-order chi connectivity index (χ0) is 16.2. The topological polar surface area (TPSA) is 89.6 Å². The first-order chi connectivity index (χ1) is 10.4. The summed E-state index contributed by atoms with van der Waals surface area (Å²) < 4.78 is 29.6. The first kappa shape index (κ1) is 16.9. The van der Waals surface area contributed by atoms with Crippen LogP contribution in [0.3, 0.4) is 0 Å². The van der Waals surface area contributed by atoms with Crippen LogP contribution in [0.2, 0.25) is 0 Å². The summed E-state index contributed by atoms with van der Waals surface area (Å²) in [7, 11) is -3.84. The third-order valence-corrected chi connectivity index (χ3v) is 4.99. The van der Waals surface area contributed by atoms with Crippen LogP contribution in [-0.2, 0) is 14.3 Å².